The zero-order valence-electron chi connectivity index (χ0n) is 23.0. The molecule has 0 spiro atoms. The quantitative estimate of drug-likeness (QED) is 0.280. The molecule has 3 aliphatic rings. The summed E-state index contributed by atoms with van der Waals surface area (Å²) in [6.45, 7) is 10.0. The summed E-state index contributed by atoms with van der Waals surface area (Å²) in [5.41, 5.74) is 0. The van der Waals surface area contributed by atoms with Crippen LogP contribution in [0.3, 0.4) is 0 Å². The number of aromatic nitrogens is 4. The minimum absolute atomic E-state index is 0.102. The Balaban J connectivity index is 0.000000212. The molecule has 0 aromatic carbocycles. The minimum atomic E-state index is -0.463. The Hall–Kier alpha value is -2.06. The van der Waals surface area contributed by atoms with Crippen LogP contribution in [0.4, 0.5) is 11.6 Å². The van der Waals surface area contributed by atoms with Crippen molar-refractivity contribution in [1.82, 2.24) is 19.9 Å². The number of rotatable bonds is 10. The van der Waals surface area contributed by atoms with E-state index in [1.807, 2.05) is 24.1 Å². The number of hydrogen-bond donors (Lipinski definition) is 2. The number of likely N-dealkylation sites (N-methyl/N-ethyl adjacent to an activating group) is 1. The highest BCUT2D eigenvalue weighted by atomic mass is 31.1. The molecule has 3 unspecified atom stereocenters. The molecule has 2 saturated carbocycles. The molecule has 2 aromatic heterocycles. The van der Waals surface area contributed by atoms with Crippen molar-refractivity contribution >= 4 is 41.9 Å². The van der Waals surface area contributed by atoms with E-state index < -0.39 is 18.1 Å². The molecule has 5 rings (SSSR count). The van der Waals surface area contributed by atoms with E-state index in [0.717, 1.165) is 31.1 Å². The molecule has 2 N–H and O–H groups in total. The lowest BCUT2D eigenvalue weighted by Gasteiger charge is -2.17. The lowest BCUT2D eigenvalue weighted by molar-refractivity contribution is 0.236. The molecule has 3 heterocycles. The van der Waals surface area contributed by atoms with Crippen molar-refractivity contribution in [3.63, 3.8) is 0 Å². The highest BCUT2D eigenvalue weighted by molar-refractivity contribution is 7.25. The third-order valence-electron chi connectivity index (χ3n) is 6.36. The molecular formula is C27H44N6O4P2. The first-order valence-electron chi connectivity index (χ1n) is 13.5. The van der Waals surface area contributed by atoms with Crippen LogP contribution in [0.25, 0.3) is 12.2 Å². The van der Waals surface area contributed by atoms with Crippen LogP contribution in [0.2, 0.25) is 0 Å². The summed E-state index contributed by atoms with van der Waals surface area (Å²) in [6, 6.07) is 3.69. The maximum atomic E-state index is 8.71. The average Bonchev–Trinajstić information content (AvgIpc) is 3.36. The van der Waals surface area contributed by atoms with E-state index in [9.17, 15) is 0 Å². The molecular weight excluding hydrogens is 534 g/mol. The van der Waals surface area contributed by atoms with E-state index in [-0.39, 0.29) is 6.10 Å². The summed E-state index contributed by atoms with van der Waals surface area (Å²) in [6.07, 6.45) is 19.7. The summed E-state index contributed by atoms with van der Waals surface area (Å²) in [7, 11) is 1.00. The van der Waals surface area contributed by atoms with Crippen molar-refractivity contribution in [3.05, 3.63) is 49.3 Å². The molecule has 12 heteroatoms. The van der Waals surface area contributed by atoms with Crippen molar-refractivity contribution < 1.29 is 18.8 Å². The van der Waals surface area contributed by atoms with Crippen molar-refractivity contribution in [2.45, 2.75) is 63.9 Å². The molecule has 1 saturated heterocycles. The van der Waals surface area contributed by atoms with E-state index >= 15 is 0 Å². The Labute approximate surface area is 236 Å². The summed E-state index contributed by atoms with van der Waals surface area (Å²) >= 11 is 0. The van der Waals surface area contributed by atoms with Crippen LogP contribution in [-0.2, 0) is 9.05 Å². The van der Waals surface area contributed by atoms with Crippen LogP contribution < -0.4 is 9.80 Å². The van der Waals surface area contributed by atoms with Gasteiger partial charge in [0.25, 0.3) is 0 Å². The fourth-order valence-corrected chi connectivity index (χ4v) is 3.79. The molecule has 10 nitrogen and oxygen atoms in total. The highest BCUT2D eigenvalue weighted by Crippen LogP contribution is 2.23. The zero-order chi connectivity index (χ0) is 28.1. The lowest BCUT2D eigenvalue weighted by Crippen LogP contribution is -2.22. The first-order valence-corrected chi connectivity index (χ1v) is 15.2. The Morgan fingerprint density at radius 3 is 2.08 bits per heavy atom. The predicted molar refractivity (Wildman–Crippen MR) is 163 cm³/mol. The Morgan fingerprint density at radius 1 is 0.949 bits per heavy atom. The standard InChI is InChI=1S/C10H14N3O2P.C9H14N3O2P.2C4H8/c1-2-9-11-5-3-10(12-9)13-6-4-8(7-13)15-16-14;1-3-8-10-5-4-9(11-8)12(2)6-7-14-15-13;2*1-2-4-3-1/h2-3,5,8,14,16H,1,4,6-7H2;3-5,13,15H,1,6-7H2,2H3;2*1-4H2. The maximum absolute atomic E-state index is 8.71. The van der Waals surface area contributed by atoms with Gasteiger partial charge in [0.05, 0.1) is 12.7 Å². The molecule has 3 fully saturated rings. The van der Waals surface area contributed by atoms with E-state index in [1.54, 1.807) is 24.5 Å². The second-order valence-electron chi connectivity index (χ2n) is 9.21. The largest absolute Gasteiger partial charge is 0.357 e. The molecule has 1 aliphatic heterocycles. The topological polar surface area (TPSA) is 117 Å². The van der Waals surface area contributed by atoms with E-state index in [4.69, 9.17) is 18.8 Å². The number of hydrogen-bond acceptors (Lipinski definition) is 10. The SMILES string of the molecule is C1CCC1.C1CCC1.C=Cc1nccc(N(C)CCOPO)n1.C=Cc1nccc(N2CCC(OPO)C2)n1. The Morgan fingerprint density at radius 2 is 1.54 bits per heavy atom. The molecule has 39 heavy (non-hydrogen) atoms. The second kappa shape index (κ2) is 20.8. The van der Waals surface area contributed by atoms with Gasteiger partial charge in [-0.2, -0.15) is 0 Å². The minimum Gasteiger partial charge on any atom is -0.357 e. The predicted octanol–water partition coefficient (Wildman–Crippen LogP) is 5.41. The first kappa shape index (κ1) is 33.1. The Kier molecular flexibility index (Phi) is 17.7. The van der Waals surface area contributed by atoms with Crippen LogP contribution in [-0.4, -0.2) is 69.1 Å². The maximum Gasteiger partial charge on any atom is 0.153 e. The monoisotopic (exact) mass is 578 g/mol. The average molecular weight is 579 g/mol. The van der Waals surface area contributed by atoms with Gasteiger partial charge in [-0.3, -0.25) is 0 Å². The van der Waals surface area contributed by atoms with Gasteiger partial charge in [-0.05, 0) is 30.7 Å². The van der Waals surface area contributed by atoms with Crippen LogP contribution in [0.5, 0.6) is 0 Å². The lowest BCUT2D eigenvalue weighted by atomic mass is 10.0. The number of nitrogens with zero attached hydrogens (tertiary/aromatic N) is 6. The van der Waals surface area contributed by atoms with Crippen molar-refractivity contribution in [2.75, 3.05) is 43.1 Å². The number of anilines is 2. The van der Waals surface area contributed by atoms with Gasteiger partial charge >= 0.3 is 0 Å². The molecule has 2 aromatic rings. The third kappa shape index (κ3) is 13.7. The van der Waals surface area contributed by atoms with Crippen LogP contribution in [0, 0.1) is 0 Å². The summed E-state index contributed by atoms with van der Waals surface area (Å²) < 4.78 is 10.0. The van der Waals surface area contributed by atoms with Gasteiger partial charge in [0.15, 0.2) is 29.7 Å². The van der Waals surface area contributed by atoms with Gasteiger partial charge in [-0.1, -0.05) is 64.5 Å². The van der Waals surface area contributed by atoms with Crippen LogP contribution in [0.15, 0.2) is 37.7 Å². The van der Waals surface area contributed by atoms with Crippen molar-refractivity contribution in [2.24, 2.45) is 0 Å². The summed E-state index contributed by atoms with van der Waals surface area (Å²) in [4.78, 5) is 37.9. The van der Waals surface area contributed by atoms with Gasteiger partial charge < -0.3 is 28.6 Å². The molecule has 216 valence electrons. The Bertz CT molecular complexity index is 934. The van der Waals surface area contributed by atoms with Crippen molar-refractivity contribution in [1.29, 1.82) is 0 Å². The molecule has 2 aliphatic carbocycles. The molecule has 0 amide bonds. The van der Waals surface area contributed by atoms with Crippen LogP contribution in [0.1, 0.15) is 69.4 Å². The normalized spacial score (nSPS) is 17.6. The van der Waals surface area contributed by atoms with Gasteiger partial charge in [0.2, 0.25) is 0 Å². The molecule has 0 bridgehead atoms. The third-order valence-corrected chi connectivity index (χ3v) is 7.13. The fraction of sp³-hybridized carbons (Fsp3) is 0.556. The zero-order valence-corrected chi connectivity index (χ0v) is 25.0. The first-order chi connectivity index (χ1) is 19.1. The van der Waals surface area contributed by atoms with E-state index in [1.165, 1.54) is 51.4 Å². The summed E-state index contributed by atoms with van der Waals surface area (Å²) in [5, 5.41) is 0. The fourth-order valence-electron chi connectivity index (χ4n) is 3.26. The molecule has 3 atom stereocenters. The highest BCUT2D eigenvalue weighted by Gasteiger charge is 2.24. The van der Waals surface area contributed by atoms with Gasteiger partial charge in [-0.15, -0.1) is 0 Å². The molecule has 0 radical (unpaired) electrons. The van der Waals surface area contributed by atoms with Gasteiger partial charge in [0.1, 0.15) is 11.6 Å². The van der Waals surface area contributed by atoms with Gasteiger partial charge in [-0.25, -0.2) is 19.9 Å². The van der Waals surface area contributed by atoms with E-state index in [0.29, 0.717) is 24.8 Å². The van der Waals surface area contributed by atoms with Gasteiger partial charge in [0, 0.05) is 39.1 Å². The van der Waals surface area contributed by atoms with Crippen molar-refractivity contribution in [3.8, 4) is 0 Å². The summed E-state index contributed by atoms with van der Waals surface area (Å²) in [5.74, 6) is 2.93. The van der Waals surface area contributed by atoms with Crippen LogP contribution >= 0.6 is 18.1 Å². The smallest absolute Gasteiger partial charge is 0.153 e. The van der Waals surface area contributed by atoms with E-state index in [2.05, 4.69) is 38.0 Å². The second-order valence-corrected chi connectivity index (χ2v) is 10.1.